The van der Waals surface area contributed by atoms with Gasteiger partial charge < -0.3 is 15.3 Å². The Labute approximate surface area is 201 Å². The van der Waals surface area contributed by atoms with E-state index in [4.69, 9.17) is 9.72 Å². The molecule has 0 saturated carbocycles. The zero-order valence-corrected chi connectivity index (χ0v) is 19.6. The van der Waals surface area contributed by atoms with Crippen LogP contribution in [0.1, 0.15) is 38.3 Å². The third-order valence-electron chi connectivity index (χ3n) is 5.53. The summed E-state index contributed by atoms with van der Waals surface area (Å²) in [5, 5.41) is 18.7. The molecule has 5 rings (SSSR count). The van der Waals surface area contributed by atoms with Gasteiger partial charge in [0.05, 0.1) is 11.9 Å². The lowest BCUT2D eigenvalue weighted by molar-refractivity contribution is 0.0635. The van der Waals surface area contributed by atoms with Crippen molar-refractivity contribution in [3.05, 3.63) is 66.2 Å². The Balaban J connectivity index is 1.45. The van der Waals surface area contributed by atoms with Crippen LogP contribution in [0.4, 0.5) is 22.1 Å². The number of hydrogen-bond donors (Lipinski definition) is 3. The summed E-state index contributed by atoms with van der Waals surface area (Å²) in [6.07, 6.45) is 7.85. The number of aryl methyl sites for hydroxylation is 1. The number of fused-ring (bicyclic) bond motifs is 2. The molecule has 1 aromatic carbocycles. The molecule has 0 radical (unpaired) electrons. The largest absolute Gasteiger partial charge is 0.444 e. The zero-order chi connectivity index (χ0) is 24.6. The van der Waals surface area contributed by atoms with Gasteiger partial charge in [0.15, 0.2) is 5.65 Å². The number of ether oxygens (including phenoxy) is 1. The number of carbonyl (C=O) groups excluding carboxylic acids is 1. The average molecular weight is 472 g/mol. The second kappa shape index (κ2) is 8.71. The number of amides is 1. The number of imidazole rings is 1. The summed E-state index contributed by atoms with van der Waals surface area (Å²) in [7, 11) is 0. The van der Waals surface area contributed by atoms with Crippen molar-refractivity contribution < 1.29 is 14.7 Å². The molecule has 1 amide bonds. The van der Waals surface area contributed by atoms with Crippen LogP contribution in [-0.4, -0.2) is 42.0 Å². The molecule has 3 N–H and O–H groups in total. The number of aromatic nitrogens is 4. The molecule has 0 aliphatic heterocycles. The van der Waals surface area contributed by atoms with Crippen molar-refractivity contribution in [2.24, 2.45) is 5.16 Å². The van der Waals surface area contributed by atoms with Gasteiger partial charge in [-0.25, -0.2) is 14.8 Å². The standard InChI is InChI=1S/C25H25N7O3/c1-25(2,3)35-24(33)29-20-9-5-16(13-27-20)22-23(32-11-10-26-14-21(32)30-22)28-17-6-7-18-15(12-17)4-8-19(18)31-34/h5-7,9-14,28,34H,4,8H2,1-3H3,(H,27,29,33)/b31-19+. The molecule has 35 heavy (non-hydrogen) atoms. The van der Waals surface area contributed by atoms with E-state index in [1.165, 1.54) is 0 Å². The summed E-state index contributed by atoms with van der Waals surface area (Å²) in [5.41, 5.74) is 5.22. The Bertz CT molecular complexity index is 1440. The molecule has 10 nitrogen and oxygen atoms in total. The number of benzene rings is 1. The highest BCUT2D eigenvalue weighted by Crippen LogP contribution is 2.33. The average Bonchev–Trinajstić information content (AvgIpc) is 3.39. The van der Waals surface area contributed by atoms with E-state index in [-0.39, 0.29) is 0 Å². The molecular weight excluding hydrogens is 446 g/mol. The van der Waals surface area contributed by atoms with Gasteiger partial charge in [-0.2, -0.15) is 0 Å². The van der Waals surface area contributed by atoms with Gasteiger partial charge in [-0.3, -0.25) is 14.7 Å². The number of nitrogens with zero attached hydrogens (tertiary/aromatic N) is 5. The molecule has 10 heteroatoms. The lowest BCUT2D eigenvalue weighted by atomic mass is 10.1. The Hall–Kier alpha value is -4.47. The topological polar surface area (TPSA) is 126 Å². The Morgan fingerprint density at radius 3 is 2.77 bits per heavy atom. The molecule has 4 aromatic rings. The summed E-state index contributed by atoms with van der Waals surface area (Å²) in [4.78, 5) is 25.4. The van der Waals surface area contributed by atoms with Crippen molar-refractivity contribution in [2.75, 3.05) is 10.6 Å². The van der Waals surface area contributed by atoms with E-state index < -0.39 is 11.7 Å². The zero-order valence-electron chi connectivity index (χ0n) is 19.6. The van der Waals surface area contributed by atoms with E-state index in [0.29, 0.717) is 22.9 Å². The predicted molar refractivity (Wildman–Crippen MR) is 132 cm³/mol. The van der Waals surface area contributed by atoms with Crippen LogP contribution in [0.5, 0.6) is 0 Å². The van der Waals surface area contributed by atoms with E-state index in [9.17, 15) is 10.0 Å². The van der Waals surface area contributed by atoms with Crippen LogP contribution in [0, 0.1) is 0 Å². The minimum atomic E-state index is -0.598. The van der Waals surface area contributed by atoms with Crippen molar-refractivity contribution >= 4 is 34.8 Å². The van der Waals surface area contributed by atoms with Gasteiger partial charge in [-0.05, 0) is 63.4 Å². The van der Waals surface area contributed by atoms with E-state index >= 15 is 0 Å². The van der Waals surface area contributed by atoms with Crippen molar-refractivity contribution in [2.45, 2.75) is 39.2 Å². The smallest absolute Gasteiger partial charge is 0.413 e. The van der Waals surface area contributed by atoms with E-state index in [2.05, 4.69) is 31.8 Å². The third kappa shape index (κ3) is 4.63. The fourth-order valence-electron chi connectivity index (χ4n) is 4.03. The number of oxime groups is 1. The van der Waals surface area contributed by atoms with Crippen LogP contribution < -0.4 is 10.6 Å². The monoisotopic (exact) mass is 471 g/mol. The lowest BCUT2D eigenvalue weighted by Crippen LogP contribution is -2.27. The Morgan fingerprint density at radius 2 is 2.03 bits per heavy atom. The second-order valence-electron chi connectivity index (χ2n) is 9.22. The second-order valence-corrected chi connectivity index (χ2v) is 9.22. The summed E-state index contributed by atoms with van der Waals surface area (Å²) in [5.74, 6) is 1.13. The van der Waals surface area contributed by atoms with Gasteiger partial charge in [-0.1, -0.05) is 11.2 Å². The maximum atomic E-state index is 12.1. The molecule has 3 aromatic heterocycles. The van der Waals surface area contributed by atoms with Gasteiger partial charge in [-0.15, -0.1) is 0 Å². The first kappa shape index (κ1) is 22.3. The third-order valence-corrected chi connectivity index (χ3v) is 5.53. The number of anilines is 3. The summed E-state index contributed by atoms with van der Waals surface area (Å²) < 4.78 is 7.20. The van der Waals surface area contributed by atoms with Crippen LogP contribution in [-0.2, 0) is 11.2 Å². The van der Waals surface area contributed by atoms with Gasteiger partial charge in [0.25, 0.3) is 0 Å². The molecule has 0 fully saturated rings. The molecule has 1 aliphatic carbocycles. The number of pyridine rings is 1. The molecule has 0 atom stereocenters. The maximum Gasteiger partial charge on any atom is 0.413 e. The van der Waals surface area contributed by atoms with Crippen LogP contribution in [0.3, 0.4) is 0 Å². The van der Waals surface area contributed by atoms with Crippen LogP contribution >= 0.6 is 0 Å². The summed E-state index contributed by atoms with van der Waals surface area (Å²) >= 11 is 0. The Kier molecular flexibility index (Phi) is 5.56. The summed E-state index contributed by atoms with van der Waals surface area (Å²) in [6, 6.07) is 9.52. The fourth-order valence-corrected chi connectivity index (χ4v) is 4.03. The molecule has 0 bridgehead atoms. The normalized spacial score (nSPS) is 14.2. The number of rotatable bonds is 4. The fraction of sp³-hybridized carbons (Fsp3) is 0.240. The molecular formula is C25H25N7O3. The number of nitrogens with one attached hydrogen (secondary N) is 2. The molecule has 0 spiro atoms. The molecule has 0 saturated heterocycles. The van der Waals surface area contributed by atoms with Crippen molar-refractivity contribution in [1.82, 2.24) is 19.4 Å². The van der Waals surface area contributed by atoms with Gasteiger partial charge >= 0.3 is 6.09 Å². The van der Waals surface area contributed by atoms with Gasteiger partial charge in [0.2, 0.25) is 0 Å². The summed E-state index contributed by atoms with van der Waals surface area (Å²) in [6.45, 7) is 5.40. The first-order valence-corrected chi connectivity index (χ1v) is 11.2. The first-order chi connectivity index (χ1) is 16.8. The minimum absolute atomic E-state index is 0.378. The molecule has 3 heterocycles. The van der Waals surface area contributed by atoms with Crippen molar-refractivity contribution in [1.29, 1.82) is 0 Å². The predicted octanol–water partition coefficient (Wildman–Crippen LogP) is 5.01. The van der Waals surface area contributed by atoms with Crippen molar-refractivity contribution in [3.63, 3.8) is 0 Å². The van der Waals surface area contributed by atoms with Gasteiger partial charge in [0, 0.05) is 35.4 Å². The highest BCUT2D eigenvalue weighted by Gasteiger charge is 2.21. The number of hydrogen-bond acceptors (Lipinski definition) is 8. The maximum absolute atomic E-state index is 12.1. The van der Waals surface area contributed by atoms with E-state index in [1.807, 2.05) is 28.8 Å². The van der Waals surface area contributed by atoms with E-state index in [0.717, 1.165) is 41.0 Å². The van der Waals surface area contributed by atoms with Crippen LogP contribution in [0.2, 0.25) is 0 Å². The lowest BCUT2D eigenvalue weighted by Gasteiger charge is -2.19. The van der Waals surface area contributed by atoms with Gasteiger partial charge in [0.1, 0.15) is 22.9 Å². The molecule has 0 unspecified atom stereocenters. The van der Waals surface area contributed by atoms with Crippen LogP contribution in [0.15, 0.2) is 60.3 Å². The molecule has 178 valence electrons. The van der Waals surface area contributed by atoms with E-state index in [1.54, 1.807) is 45.4 Å². The minimum Gasteiger partial charge on any atom is -0.444 e. The van der Waals surface area contributed by atoms with Crippen LogP contribution in [0.25, 0.3) is 16.9 Å². The first-order valence-electron chi connectivity index (χ1n) is 11.2. The highest BCUT2D eigenvalue weighted by molar-refractivity contribution is 6.04. The molecule has 1 aliphatic rings. The quantitative estimate of drug-likeness (QED) is 0.282. The SMILES string of the molecule is CC(C)(C)OC(=O)Nc1ccc(-c2nc3cnccn3c2Nc2ccc3c(c2)CC/C3=N\O)cn1. The number of carbonyl (C=O) groups is 1. The van der Waals surface area contributed by atoms with Crippen molar-refractivity contribution in [3.8, 4) is 11.3 Å². The highest BCUT2D eigenvalue weighted by atomic mass is 16.6. The Morgan fingerprint density at radius 1 is 1.17 bits per heavy atom.